The van der Waals surface area contributed by atoms with Gasteiger partial charge in [0.15, 0.2) is 18.1 Å². The molecule has 0 bridgehead atoms. The zero-order valence-corrected chi connectivity index (χ0v) is 18.3. The van der Waals surface area contributed by atoms with E-state index in [0.717, 1.165) is 17.9 Å². The molecule has 2 aliphatic rings. The summed E-state index contributed by atoms with van der Waals surface area (Å²) in [5.74, 6) is -0.470. The summed E-state index contributed by atoms with van der Waals surface area (Å²) in [7, 11) is 2.72. The van der Waals surface area contributed by atoms with Gasteiger partial charge in [0.2, 0.25) is 0 Å². The van der Waals surface area contributed by atoms with Gasteiger partial charge in [-0.3, -0.25) is 15.0 Å². The molecule has 172 valence electrons. The Morgan fingerprint density at radius 1 is 1.22 bits per heavy atom. The van der Waals surface area contributed by atoms with Crippen molar-refractivity contribution in [3.8, 4) is 11.5 Å². The smallest absolute Gasteiger partial charge is 0.344 e. The highest BCUT2D eigenvalue weighted by Crippen LogP contribution is 2.35. The second-order valence-electron chi connectivity index (χ2n) is 7.93. The minimum Gasteiger partial charge on any atom is -0.493 e. The van der Waals surface area contributed by atoms with Gasteiger partial charge in [0.1, 0.15) is 5.54 Å². The third-order valence-corrected chi connectivity index (χ3v) is 5.69. The molecular formula is C22H27N3O7. The first-order chi connectivity index (χ1) is 15.3. The molecule has 0 unspecified atom stereocenters. The van der Waals surface area contributed by atoms with Crippen LogP contribution in [0, 0.1) is 5.92 Å². The van der Waals surface area contributed by atoms with Crippen molar-refractivity contribution >= 4 is 29.9 Å². The normalized spacial score (nSPS) is 22.7. The van der Waals surface area contributed by atoms with E-state index in [9.17, 15) is 19.2 Å². The summed E-state index contributed by atoms with van der Waals surface area (Å²) in [5, 5.41) is 3.48. The van der Waals surface area contributed by atoms with Crippen molar-refractivity contribution in [1.82, 2.24) is 15.8 Å². The zero-order valence-electron chi connectivity index (χ0n) is 18.3. The van der Waals surface area contributed by atoms with E-state index in [-0.39, 0.29) is 5.75 Å². The van der Waals surface area contributed by atoms with Crippen LogP contribution in [0.15, 0.2) is 24.3 Å². The first kappa shape index (κ1) is 23.1. The number of ether oxygens (including phenoxy) is 3. The standard InChI is InChI=1S/C22H27N3O7/c1-14-8-10-22(11-9-14)20(28)25(21(29)23-22)24-18(26)13-32-16-6-4-15(12-17(16)30-2)5-7-19(27)31-3/h4-7,12,14H,8-11,13H2,1-3H3,(H,23,29)(H,24,26). The highest BCUT2D eigenvalue weighted by atomic mass is 16.5. The summed E-state index contributed by atoms with van der Waals surface area (Å²) in [4.78, 5) is 48.7. The molecule has 1 saturated carbocycles. The molecule has 0 radical (unpaired) electrons. The molecule has 1 spiro atoms. The van der Waals surface area contributed by atoms with Crippen LogP contribution in [0.3, 0.4) is 0 Å². The lowest BCUT2D eigenvalue weighted by molar-refractivity contribution is -0.140. The van der Waals surface area contributed by atoms with Gasteiger partial charge in [0.25, 0.3) is 11.8 Å². The average molecular weight is 445 g/mol. The van der Waals surface area contributed by atoms with Crippen molar-refractivity contribution in [2.24, 2.45) is 5.92 Å². The van der Waals surface area contributed by atoms with Gasteiger partial charge in [-0.25, -0.2) is 9.59 Å². The third-order valence-electron chi connectivity index (χ3n) is 5.69. The van der Waals surface area contributed by atoms with Crippen molar-refractivity contribution in [3.05, 3.63) is 29.8 Å². The van der Waals surface area contributed by atoms with Crippen molar-refractivity contribution in [2.75, 3.05) is 20.8 Å². The topological polar surface area (TPSA) is 123 Å². The molecular weight excluding hydrogens is 418 g/mol. The molecule has 0 aromatic heterocycles. The van der Waals surface area contributed by atoms with Crippen LogP contribution in [-0.2, 0) is 19.1 Å². The number of urea groups is 1. The molecule has 1 heterocycles. The molecule has 1 aliphatic carbocycles. The summed E-state index contributed by atoms with van der Waals surface area (Å²) in [6, 6.07) is 4.23. The van der Waals surface area contributed by atoms with Crippen LogP contribution in [0.25, 0.3) is 6.08 Å². The van der Waals surface area contributed by atoms with E-state index >= 15 is 0 Å². The summed E-state index contributed by atoms with van der Waals surface area (Å²) in [5.41, 5.74) is 2.05. The molecule has 3 rings (SSSR count). The quantitative estimate of drug-likeness (QED) is 0.373. The van der Waals surface area contributed by atoms with E-state index in [4.69, 9.17) is 9.47 Å². The number of carbonyl (C=O) groups excluding carboxylic acids is 4. The molecule has 2 N–H and O–H groups in total. The molecule has 4 amide bonds. The number of imide groups is 1. The monoisotopic (exact) mass is 445 g/mol. The Hall–Kier alpha value is -3.56. The van der Waals surface area contributed by atoms with Gasteiger partial charge >= 0.3 is 12.0 Å². The van der Waals surface area contributed by atoms with Crippen LogP contribution >= 0.6 is 0 Å². The maximum Gasteiger partial charge on any atom is 0.344 e. The van der Waals surface area contributed by atoms with Crippen LogP contribution in [0.1, 0.15) is 38.2 Å². The van der Waals surface area contributed by atoms with Gasteiger partial charge in [-0.1, -0.05) is 13.0 Å². The molecule has 32 heavy (non-hydrogen) atoms. The maximum absolute atomic E-state index is 12.8. The number of nitrogens with one attached hydrogen (secondary N) is 2. The Bertz CT molecular complexity index is 935. The third kappa shape index (κ3) is 5.01. The minimum atomic E-state index is -0.936. The molecule has 1 aliphatic heterocycles. The number of carbonyl (C=O) groups is 4. The fourth-order valence-corrected chi connectivity index (χ4v) is 3.76. The Morgan fingerprint density at radius 3 is 2.59 bits per heavy atom. The van der Waals surface area contributed by atoms with Gasteiger partial charge < -0.3 is 19.5 Å². The molecule has 2 fully saturated rings. The van der Waals surface area contributed by atoms with Gasteiger partial charge in [-0.2, -0.15) is 5.01 Å². The number of rotatable bonds is 7. The van der Waals surface area contributed by atoms with Crippen LogP contribution in [0.4, 0.5) is 4.79 Å². The molecule has 10 heteroatoms. The highest BCUT2D eigenvalue weighted by Gasteiger charge is 2.52. The minimum absolute atomic E-state index is 0.285. The molecule has 10 nitrogen and oxygen atoms in total. The average Bonchev–Trinajstić information content (AvgIpc) is 3.02. The molecule has 0 atom stereocenters. The predicted octanol–water partition coefficient (Wildman–Crippen LogP) is 1.79. The number of esters is 1. The lowest BCUT2D eigenvalue weighted by Crippen LogP contribution is -2.52. The number of hydrazine groups is 1. The van der Waals surface area contributed by atoms with E-state index in [0.29, 0.717) is 30.1 Å². The van der Waals surface area contributed by atoms with Crippen LogP contribution < -0.4 is 20.2 Å². The summed E-state index contributed by atoms with van der Waals surface area (Å²) >= 11 is 0. The molecule has 1 saturated heterocycles. The van der Waals surface area contributed by atoms with Crippen molar-refractivity contribution in [1.29, 1.82) is 0 Å². The summed E-state index contributed by atoms with van der Waals surface area (Å²) in [6.07, 6.45) is 5.58. The Labute approximate surface area is 185 Å². The van der Waals surface area contributed by atoms with E-state index in [1.54, 1.807) is 24.3 Å². The molecule has 1 aromatic carbocycles. The lowest BCUT2D eigenvalue weighted by atomic mass is 9.77. The first-order valence-electron chi connectivity index (χ1n) is 10.3. The number of methoxy groups -OCH3 is 2. The van der Waals surface area contributed by atoms with E-state index in [2.05, 4.69) is 22.4 Å². The Balaban J connectivity index is 1.59. The van der Waals surface area contributed by atoms with Crippen LogP contribution in [0.2, 0.25) is 0 Å². The van der Waals surface area contributed by atoms with Crippen LogP contribution in [0.5, 0.6) is 11.5 Å². The van der Waals surface area contributed by atoms with Crippen molar-refractivity contribution in [2.45, 2.75) is 38.1 Å². The van der Waals surface area contributed by atoms with Gasteiger partial charge in [-0.15, -0.1) is 0 Å². The van der Waals surface area contributed by atoms with E-state index in [1.807, 2.05) is 0 Å². The number of nitrogens with zero attached hydrogens (tertiary/aromatic N) is 1. The molecule has 1 aromatic rings. The van der Waals surface area contributed by atoms with E-state index in [1.165, 1.54) is 20.3 Å². The maximum atomic E-state index is 12.8. The van der Waals surface area contributed by atoms with E-state index < -0.39 is 36.0 Å². The highest BCUT2D eigenvalue weighted by molar-refractivity contribution is 6.08. The Morgan fingerprint density at radius 2 is 1.94 bits per heavy atom. The summed E-state index contributed by atoms with van der Waals surface area (Å²) in [6.45, 7) is 1.68. The predicted molar refractivity (Wildman–Crippen MR) is 113 cm³/mol. The van der Waals surface area contributed by atoms with Crippen LogP contribution in [-0.4, -0.2) is 55.2 Å². The van der Waals surface area contributed by atoms with Crippen molar-refractivity contribution < 1.29 is 33.4 Å². The number of hydrogen-bond acceptors (Lipinski definition) is 7. The fraction of sp³-hybridized carbons (Fsp3) is 0.455. The number of hydrogen-bond donors (Lipinski definition) is 2. The second-order valence-corrected chi connectivity index (χ2v) is 7.93. The largest absolute Gasteiger partial charge is 0.493 e. The Kier molecular flexibility index (Phi) is 7.01. The van der Waals surface area contributed by atoms with Gasteiger partial charge in [-0.05, 0) is 55.4 Å². The second kappa shape index (κ2) is 9.71. The van der Waals surface area contributed by atoms with Gasteiger partial charge in [0.05, 0.1) is 14.2 Å². The fourth-order valence-electron chi connectivity index (χ4n) is 3.76. The number of amides is 4. The first-order valence-corrected chi connectivity index (χ1v) is 10.3. The van der Waals surface area contributed by atoms with Crippen molar-refractivity contribution in [3.63, 3.8) is 0 Å². The lowest BCUT2D eigenvalue weighted by Gasteiger charge is -2.33. The SMILES string of the molecule is COC(=O)C=Cc1ccc(OCC(=O)NN2C(=O)NC3(CCC(C)CC3)C2=O)c(OC)c1. The zero-order chi connectivity index (χ0) is 23.3. The number of benzene rings is 1. The summed E-state index contributed by atoms with van der Waals surface area (Å²) < 4.78 is 15.3. The van der Waals surface area contributed by atoms with Gasteiger partial charge in [0, 0.05) is 6.08 Å².